The van der Waals surface area contributed by atoms with Gasteiger partial charge in [-0.3, -0.25) is 4.21 Å². The van der Waals surface area contributed by atoms with Gasteiger partial charge in [0.05, 0.1) is 27.3 Å². The molecular formula is C9H6BrNO3S. The lowest BCUT2D eigenvalue weighted by atomic mass is 10.2. The Labute approximate surface area is 97.1 Å². The number of aromatic carboxylic acids is 1. The molecule has 0 radical (unpaired) electrons. The van der Waals surface area contributed by atoms with Gasteiger partial charge in [-0.1, -0.05) is 15.9 Å². The smallest absolute Gasteiger partial charge is 0.336 e. The Balaban J connectivity index is 3.25. The minimum atomic E-state index is -1.60. The van der Waals surface area contributed by atoms with Crippen LogP contribution in [-0.4, -0.2) is 21.0 Å². The number of rotatable bonds is 3. The van der Waals surface area contributed by atoms with E-state index in [1.165, 1.54) is 12.1 Å². The van der Waals surface area contributed by atoms with E-state index in [4.69, 9.17) is 10.4 Å². The molecule has 1 N–H and O–H groups in total. The highest BCUT2D eigenvalue weighted by Gasteiger charge is 2.15. The van der Waals surface area contributed by atoms with E-state index in [-0.39, 0.29) is 16.2 Å². The van der Waals surface area contributed by atoms with Crippen molar-refractivity contribution < 1.29 is 14.1 Å². The van der Waals surface area contributed by atoms with Crippen molar-refractivity contribution in [2.45, 2.75) is 4.90 Å². The third-order valence-electron chi connectivity index (χ3n) is 1.61. The van der Waals surface area contributed by atoms with E-state index in [9.17, 15) is 9.00 Å². The Kier molecular flexibility index (Phi) is 4.00. The Bertz CT molecular complexity index is 467. The third kappa shape index (κ3) is 2.88. The number of hydrogen-bond donors (Lipinski definition) is 1. The van der Waals surface area contributed by atoms with Crippen LogP contribution in [-0.2, 0) is 10.8 Å². The summed E-state index contributed by atoms with van der Waals surface area (Å²) in [6.45, 7) is 0. The maximum atomic E-state index is 11.5. The topological polar surface area (TPSA) is 78.2 Å². The Morgan fingerprint density at radius 3 is 2.80 bits per heavy atom. The molecule has 0 fully saturated rings. The van der Waals surface area contributed by atoms with Crippen LogP contribution in [0.5, 0.6) is 0 Å². The monoisotopic (exact) mass is 287 g/mol. The summed E-state index contributed by atoms with van der Waals surface area (Å²) in [6.07, 6.45) is 0. The Morgan fingerprint density at radius 1 is 1.60 bits per heavy atom. The van der Waals surface area contributed by atoms with Gasteiger partial charge in [-0.25, -0.2) is 4.79 Å². The van der Waals surface area contributed by atoms with Gasteiger partial charge in [0.15, 0.2) is 0 Å². The predicted octanol–water partition coefficient (Wildman–Crippen LogP) is 1.78. The molecule has 0 amide bonds. The van der Waals surface area contributed by atoms with Crippen molar-refractivity contribution in [3.05, 3.63) is 28.2 Å². The largest absolute Gasteiger partial charge is 0.478 e. The van der Waals surface area contributed by atoms with Crippen molar-refractivity contribution in [1.29, 1.82) is 5.26 Å². The maximum Gasteiger partial charge on any atom is 0.336 e. The number of nitrogens with zero attached hydrogens (tertiary/aromatic N) is 1. The molecule has 78 valence electrons. The summed E-state index contributed by atoms with van der Waals surface area (Å²) >= 11 is 3.15. The van der Waals surface area contributed by atoms with E-state index in [0.29, 0.717) is 4.47 Å². The lowest BCUT2D eigenvalue weighted by Crippen LogP contribution is -2.06. The van der Waals surface area contributed by atoms with Crippen LogP contribution in [0.1, 0.15) is 10.4 Å². The number of carbonyl (C=O) groups is 1. The van der Waals surface area contributed by atoms with Gasteiger partial charge in [0.25, 0.3) is 0 Å². The van der Waals surface area contributed by atoms with Gasteiger partial charge in [-0.15, -0.1) is 0 Å². The molecule has 1 rings (SSSR count). The summed E-state index contributed by atoms with van der Waals surface area (Å²) in [6, 6.07) is 6.11. The lowest BCUT2D eigenvalue weighted by Gasteiger charge is -2.03. The van der Waals surface area contributed by atoms with Crippen molar-refractivity contribution in [2.24, 2.45) is 0 Å². The van der Waals surface area contributed by atoms with Crippen molar-refractivity contribution >= 4 is 32.7 Å². The maximum absolute atomic E-state index is 11.5. The molecule has 0 spiro atoms. The molecule has 0 saturated heterocycles. The van der Waals surface area contributed by atoms with Gasteiger partial charge >= 0.3 is 5.97 Å². The first kappa shape index (κ1) is 11.9. The van der Waals surface area contributed by atoms with E-state index in [0.717, 1.165) is 0 Å². The molecule has 1 aromatic rings. The van der Waals surface area contributed by atoms with Gasteiger partial charge in [-0.05, 0) is 18.2 Å². The SMILES string of the molecule is N#CCS(=O)c1cc(Br)ccc1C(=O)O. The van der Waals surface area contributed by atoms with Crippen LogP contribution in [0.4, 0.5) is 0 Å². The molecule has 0 aromatic heterocycles. The van der Waals surface area contributed by atoms with Gasteiger partial charge in [0, 0.05) is 4.47 Å². The first-order valence-corrected chi connectivity index (χ1v) is 5.95. The van der Waals surface area contributed by atoms with Crippen LogP contribution in [0.3, 0.4) is 0 Å². The lowest BCUT2D eigenvalue weighted by molar-refractivity contribution is 0.0693. The molecule has 1 unspecified atom stereocenters. The highest BCUT2D eigenvalue weighted by molar-refractivity contribution is 9.10. The average molecular weight is 288 g/mol. The van der Waals surface area contributed by atoms with E-state index >= 15 is 0 Å². The summed E-state index contributed by atoms with van der Waals surface area (Å²) in [7, 11) is -1.60. The number of nitriles is 1. The second-order valence-electron chi connectivity index (χ2n) is 2.59. The summed E-state index contributed by atoms with van der Waals surface area (Å²) in [5.41, 5.74) is -0.0354. The zero-order chi connectivity index (χ0) is 11.4. The normalized spacial score (nSPS) is 11.7. The highest BCUT2D eigenvalue weighted by atomic mass is 79.9. The summed E-state index contributed by atoms with van der Waals surface area (Å²) in [5.74, 6) is -1.36. The van der Waals surface area contributed by atoms with E-state index in [2.05, 4.69) is 15.9 Å². The molecular weight excluding hydrogens is 282 g/mol. The fourth-order valence-electron chi connectivity index (χ4n) is 0.998. The Morgan fingerprint density at radius 2 is 2.27 bits per heavy atom. The fraction of sp³-hybridized carbons (Fsp3) is 0.111. The minimum Gasteiger partial charge on any atom is -0.478 e. The van der Waals surface area contributed by atoms with Crippen LogP contribution in [0, 0.1) is 11.3 Å². The van der Waals surface area contributed by atoms with Crippen molar-refractivity contribution in [2.75, 3.05) is 5.75 Å². The van der Waals surface area contributed by atoms with Gasteiger partial charge in [-0.2, -0.15) is 5.26 Å². The van der Waals surface area contributed by atoms with Gasteiger partial charge < -0.3 is 5.11 Å². The zero-order valence-electron chi connectivity index (χ0n) is 7.44. The molecule has 1 atom stereocenters. The molecule has 0 aliphatic heterocycles. The Hall–Kier alpha value is -1.19. The molecule has 0 heterocycles. The molecule has 15 heavy (non-hydrogen) atoms. The number of carboxylic acids is 1. The average Bonchev–Trinajstić information content (AvgIpc) is 2.17. The first-order valence-electron chi connectivity index (χ1n) is 3.84. The van der Waals surface area contributed by atoms with Crippen molar-refractivity contribution in [3.63, 3.8) is 0 Å². The molecule has 6 heteroatoms. The molecule has 4 nitrogen and oxygen atoms in total. The highest BCUT2D eigenvalue weighted by Crippen LogP contribution is 2.20. The van der Waals surface area contributed by atoms with Gasteiger partial charge in [0.2, 0.25) is 0 Å². The quantitative estimate of drug-likeness (QED) is 0.919. The standard InChI is InChI=1S/C9H6BrNO3S/c10-6-1-2-7(9(12)13)8(5-6)15(14)4-3-11/h1-2,5H,4H2,(H,12,13). The summed E-state index contributed by atoms with van der Waals surface area (Å²) in [5, 5.41) is 17.2. The second-order valence-corrected chi connectivity index (χ2v) is 4.93. The molecule has 0 aliphatic carbocycles. The van der Waals surface area contributed by atoms with Crippen LogP contribution in [0.15, 0.2) is 27.6 Å². The number of benzene rings is 1. The predicted molar refractivity (Wildman–Crippen MR) is 58.0 cm³/mol. The number of hydrogen-bond acceptors (Lipinski definition) is 3. The molecule has 0 saturated carbocycles. The van der Waals surface area contributed by atoms with Crippen LogP contribution in [0.25, 0.3) is 0 Å². The third-order valence-corrected chi connectivity index (χ3v) is 3.33. The number of halogens is 1. The number of carboxylic acid groups (broad SMARTS) is 1. The fourth-order valence-corrected chi connectivity index (χ4v) is 2.44. The molecule has 1 aromatic carbocycles. The van der Waals surface area contributed by atoms with Gasteiger partial charge in [0.1, 0.15) is 5.75 Å². The second kappa shape index (κ2) is 5.05. The van der Waals surface area contributed by atoms with E-state index < -0.39 is 16.8 Å². The minimum absolute atomic E-state index is 0.0354. The van der Waals surface area contributed by atoms with Crippen molar-refractivity contribution in [1.82, 2.24) is 0 Å². The van der Waals surface area contributed by atoms with E-state index in [1.54, 1.807) is 12.1 Å². The van der Waals surface area contributed by atoms with Crippen LogP contribution < -0.4 is 0 Å². The first-order chi connectivity index (χ1) is 7.06. The van der Waals surface area contributed by atoms with Crippen LogP contribution >= 0.6 is 15.9 Å². The van der Waals surface area contributed by atoms with Crippen LogP contribution in [0.2, 0.25) is 0 Å². The van der Waals surface area contributed by atoms with E-state index in [1.807, 2.05) is 0 Å². The summed E-state index contributed by atoms with van der Waals surface area (Å²) < 4.78 is 12.2. The molecule has 0 aliphatic rings. The van der Waals surface area contributed by atoms with Crippen molar-refractivity contribution in [3.8, 4) is 6.07 Å². The summed E-state index contributed by atoms with van der Waals surface area (Å²) in [4.78, 5) is 11.0. The zero-order valence-corrected chi connectivity index (χ0v) is 9.84. The molecule has 0 bridgehead atoms.